The van der Waals surface area contributed by atoms with Crippen molar-refractivity contribution in [3.05, 3.63) is 48.0 Å². The Kier molecular flexibility index (Phi) is 8.25. The van der Waals surface area contributed by atoms with Crippen molar-refractivity contribution >= 4 is 23.1 Å². The van der Waals surface area contributed by atoms with Crippen LogP contribution in [0.4, 0.5) is 13.2 Å². The number of amides is 2. The van der Waals surface area contributed by atoms with Crippen LogP contribution >= 0.6 is 0 Å². The van der Waals surface area contributed by atoms with Crippen LogP contribution in [0.5, 0.6) is 0 Å². The minimum atomic E-state index is -4.74. The molecule has 0 bridgehead atoms. The monoisotopic (exact) mass is 454 g/mol. The van der Waals surface area contributed by atoms with Crippen molar-refractivity contribution in [2.24, 2.45) is 0 Å². The molecule has 0 aromatic heterocycles. The molecule has 2 aromatic rings. The van der Waals surface area contributed by atoms with Gasteiger partial charge >= 0.3 is 6.18 Å². The molecular formula is C23H29F3N2O4. The van der Waals surface area contributed by atoms with Crippen molar-refractivity contribution < 1.29 is 32.7 Å². The van der Waals surface area contributed by atoms with E-state index in [-0.39, 0.29) is 6.41 Å². The number of carbonyl (C=O) groups is 2. The first-order valence-electron chi connectivity index (χ1n) is 10.3. The van der Waals surface area contributed by atoms with E-state index in [1.165, 1.54) is 20.8 Å². The van der Waals surface area contributed by atoms with E-state index in [1.807, 2.05) is 42.5 Å². The Morgan fingerprint density at radius 2 is 1.78 bits per heavy atom. The van der Waals surface area contributed by atoms with Crippen LogP contribution < -0.4 is 5.32 Å². The standard InChI is InChI=1S/C23H29F3N2O4/c1-5-18(17-11-10-15-8-6-7-9-16(15)12-17)27-21(31)20(30)19(13-23(24,25)26)28(14-29)32-22(2,3)4/h6-12,14,18-20,30H,5,13H2,1-4H3,(H,27,31)/t18-,19?,20?/m0/s1. The van der Waals surface area contributed by atoms with Gasteiger partial charge in [0.05, 0.1) is 18.1 Å². The number of fused-ring (bicyclic) bond motifs is 1. The SMILES string of the molecule is CC[C@H](NC(=O)C(O)C(CC(F)(F)F)N(C=O)OC(C)(C)C)c1ccc2ccccc2c1. The van der Waals surface area contributed by atoms with Gasteiger partial charge in [0.2, 0.25) is 6.41 Å². The first-order chi connectivity index (χ1) is 14.8. The summed E-state index contributed by atoms with van der Waals surface area (Å²) in [4.78, 5) is 29.4. The molecule has 0 saturated carbocycles. The highest BCUT2D eigenvalue weighted by molar-refractivity contribution is 5.84. The average Bonchev–Trinajstić information content (AvgIpc) is 2.71. The molecule has 0 aliphatic heterocycles. The third-order valence-electron chi connectivity index (χ3n) is 4.78. The zero-order valence-corrected chi connectivity index (χ0v) is 18.5. The Bertz CT molecular complexity index is 927. The molecule has 0 aliphatic carbocycles. The van der Waals surface area contributed by atoms with Crippen molar-refractivity contribution in [1.82, 2.24) is 10.4 Å². The zero-order chi connectivity index (χ0) is 24.1. The number of nitrogens with zero attached hydrogens (tertiary/aromatic N) is 1. The summed E-state index contributed by atoms with van der Waals surface area (Å²) < 4.78 is 39.5. The van der Waals surface area contributed by atoms with Crippen molar-refractivity contribution in [3.63, 3.8) is 0 Å². The van der Waals surface area contributed by atoms with Gasteiger partial charge in [0.25, 0.3) is 5.91 Å². The summed E-state index contributed by atoms with van der Waals surface area (Å²) in [7, 11) is 0. The Labute approximate surface area is 185 Å². The summed E-state index contributed by atoms with van der Waals surface area (Å²) in [5.74, 6) is -1.02. The quantitative estimate of drug-likeness (QED) is 0.438. The number of hydroxylamine groups is 2. The molecule has 32 heavy (non-hydrogen) atoms. The van der Waals surface area contributed by atoms with Gasteiger partial charge in [-0.2, -0.15) is 13.2 Å². The largest absolute Gasteiger partial charge is 0.391 e. The second-order valence-electron chi connectivity index (χ2n) is 8.58. The van der Waals surface area contributed by atoms with E-state index in [2.05, 4.69) is 5.32 Å². The molecule has 0 fully saturated rings. The first kappa shape index (κ1) is 25.6. The minimum Gasteiger partial charge on any atom is -0.381 e. The summed E-state index contributed by atoms with van der Waals surface area (Å²) >= 11 is 0. The molecule has 3 atom stereocenters. The van der Waals surface area contributed by atoms with E-state index >= 15 is 0 Å². The summed E-state index contributed by atoms with van der Waals surface area (Å²) in [6, 6.07) is 10.7. The van der Waals surface area contributed by atoms with Crippen LogP contribution in [-0.2, 0) is 14.4 Å². The molecule has 2 rings (SSSR count). The predicted octanol–water partition coefficient (Wildman–Crippen LogP) is 4.28. The maximum Gasteiger partial charge on any atom is 0.391 e. The highest BCUT2D eigenvalue weighted by Gasteiger charge is 2.42. The lowest BCUT2D eigenvalue weighted by Crippen LogP contribution is -2.54. The van der Waals surface area contributed by atoms with Crippen LogP contribution in [0.1, 0.15) is 52.1 Å². The maximum atomic E-state index is 13.2. The van der Waals surface area contributed by atoms with Gasteiger partial charge in [0.1, 0.15) is 6.04 Å². The van der Waals surface area contributed by atoms with Crippen molar-refractivity contribution in [2.45, 2.75) is 70.5 Å². The molecule has 176 valence electrons. The Morgan fingerprint density at radius 3 is 2.31 bits per heavy atom. The van der Waals surface area contributed by atoms with E-state index in [4.69, 9.17) is 4.84 Å². The van der Waals surface area contributed by atoms with Gasteiger partial charge in [-0.15, -0.1) is 0 Å². The number of benzene rings is 2. The minimum absolute atomic E-state index is 0.0405. The van der Waals surface area contributed by atoms with E-state index in [0.29, 0.717) is 11.5 Å². The molecule has 0 radical (unpaired) electrons. The molecule has 2 aromatic carbocycles. The molecule has 0 aliphatic rings. The topological polar surface area (TPSA) is 78.9 Å². The highest BCUT2D eigenvalue weighted by Crippen LogP contribution is 2.28. The third-order valence-corrected chi connectivity index (χ3v) is 4.78. The normalized spacial score (nSPS) is 15.1. The second-order valence-corrected chi connectivity index (χ2v) is 8.58. The first-order valence-corrected chi connectivity index (χ1v) is 10.3. The molecule has 0 heterocycles. The average molecular weight is 454 g/mol. The van der Waals surface area contributed by atoms with Crippen LogP contribution in [-0.4, -0.2) is 46.4 Å². The van der Waals surface area contributed by atoms with Crippen LogP contribution in [0.15, 0.2) is 42.5 Å². The fourth-order valence-corrected chi connectivity index (χ4v) is 3.34. The van der Waals surface area contributed by atoms with E-state index < -0.39 is 42.3 Å². The number of alkyl halides is 3. The number of hydrogen-bond acceptors (Lipinski definition) is 4. The zero-order valence-electron chi connectivity index (χ0n) is 18.5. The smallest absolute Gasteiger partial charge is 0.381 e. The fourth-order valence-electron chi connectivity index (χ4n) is 3.34. The molecule has 0 spiro atoms. The Balaban J connectivity index is 2.25. The van der Waals surface area contributed by atoms with E-state index in [1.54, 1.807) is 6.92 Å². The van der Waals surface area contributed by atoms with Gasteiger partial charge in [-0.05, 0) is 49.6 Å². The van der Waals surface area contributed by atoms with Gasteiger partial charge in [-0.1, -0.05) is 43.3 Å². The van der Waals surface area contributed by atoms with E-state index in [0.717, 1.165) is 16.3 Å². The summed E-state index contributed by atoms with van der Waals surface area (Å²) in [5, 5.41) is 15.4. The van der Waals surface area contributed by atoms with Crippen LogP contribution in [0.3, 0.4) is 0 Å². The molecule has 6 nitrogen and oxygen atoms in total. The van der Waals surface area contributed by atoms with Gasteiger partial charge in [0.15, 0.2) is 6.10 Å². The lowest BCUT2D eigenvalue weighted by Gasteiger charge is -2.35. The number of carbonyl (C=O) groups excluding carboxylic acids is 2. The lowest BCUT2D eigenvalue weighted by atomic mass is 9.99. The number of halogens is 3. The van der Waals surface area contributed by atoms with Gasteiger partial charge in [-0.25, -0.2) is 5.06 Å². The molecule has 2 N–H and O–H groups in total. The van der Waals surface area contributed by atoms with Crippen molar-refractivity contribution in [3.8, 4) is 0 Å². The summed E-state index contributed by atoms with van der Waals surface area (Å²) in [6.45, 7) is 6.41. The maximum absolute atomic E-state index is 13.2. The van der Waals surface area contributed by atoms with Crippen LogP contribution in [0, 0.1) is 0 Å². The third kappa shape index (κ3) is 7.20. The van der Waals surface area contributed by atoms with Crippen LogP contribution in [0.25, 0.3) is 10.8 Å². The number of rotatable bonds is 9. The molecule has 0 saturated heterocycles. The Hall–Kier alpha value is -2.65. The number of nitrogens with one attached hydrogen (secondary N) is 1. The summed E-state index contributed by atoms with van der Waals surface area (Å²) in [5.41, 5.74) is -0.268. The molecular weight excluding hydrogens is 425 g/mol. The molecule has 2 amide bonds. The molecule has 9 heteroatoms. The van der Waals surface area contributed by atoms with Crippen molar-refractivity contribution in [2.75, 3.05) is 0 Å². The lowest BCUT2D eigenvalue weighted by molar-refractivity contribution is -0.257. The van der Waals surface area contributed by atoms with Crippen molar-refractivity contribution in [1.29, 1.82) is 0 Å². The highest BCUT2D eigenvalue weighted by atomic mass is 19.4. The number of aliphatic hydroxyl groups is 1. The fraction of sp³-hybridized carbons (Fsp3) is 0.478. The van der Waals surface area contributed by atoms with Crippen LogP contribution in [0.2, 0.25) is 0 Å². The van der Waals surface area contributed by atoms with Gasteiger partial charge in [-0.3, -0.25) is 14.4 Å². The number of hydrogen-bond donors (Lipinski definition) is 2. The predicted molar refractivity (Wildman–Crippen MR) is 114 cm³/mol. The Morgan fingerprint density at radius 1 is 1.16 bits per heavy atom. The van der Waals surface area contributed by atoms with E-state index in [9.17, 15) is 27.9 Å². The second kappa shape index (κ2) is 10.3. The number of aliphatic hydroxyl groups excluding tert-OH is 1. The van der Waals surface area contributed by atoms with Gasteiger partial charge in [0, 0.05) is 0 Å². The van der Waals surface area contributed by atoms with Gasteiger partial charge < -0.3 is 10.4 Å². The molecule has 2 unspecified atom stereocenters. The summed E-state index contributed by atoms with van der Waals surface area (Å²) in [6.07, 6.45) is -8.02.